The first-order chi connectivity index (χ1) is 8.50. The van der Waals surface area contributed by atoms with Gasteiger partial charge in [-0.3, -0.25) is 0 Å². The van der Waals surface area contributed by atoms with E-state index in [1.165, 1.54) is 6.07 Å². The summed E-state index contributed by atoms with van der Waals surface area (Å²) < 4.78 is 23.1. The molecule has 0 saturated carbocycles. The van der Waals surface area contributed by atoms with E-state index >= 15 is 0 Å². The molecule has 108 valence electrons. The number of nitrogens with zero attached hydrogens (tertiary/aromatic N) is 1. The van der Waals surface area contributed by atoms with Crippen molar-refractivity contribution in [1.29, 1.82) is 0 Å². The van der Waals surface area contributed by atoms with Gasteiger partial charge in [0, 0.05) is 18.4 Å². The molecule has 0 aliphatic rings. The highest BCUT2D eigenvalue weighted by Gasteiger charge is 2.26. The van der Waals surface area contributed by atoms with Gasteiger partial charge in [-0.1, -0.05) is 0 Å². The molecule has 1 aromatic rings. The van der Waals surface area contributed by atoms with Crippen LogP contribution in [0.5, 0.6) is 0 Å². The van der Waals surface area contributed by atoms with Crippen LogP contribution in [0.3, 0.4) is 0 Å². The molecule has 0 saturated heterocycles. The molecule has 0 aliphatic carbocycles. The standard InChI is InChI=1S/C12H21N3O3S/c1-8-10(15(4)12(2,3)7-16)5-9(13)6-11(8)19(14,17)18/h5-6,16H,7,13H2,1-4H3,(H2,14,17,18). The molecular weight excluding hydrogens is 266 g/mol. The lowest BCUT2D eigenvalue weighted by molar-refractivity contribution is 0.216. The lowest BCUT2D eigenvalue weighted by Crippen LogP contribution is -2.44. The van der Waals surface area contributed by atoms with Gasteiger partial charge in [0.2, 0.25) is 10.0 Å². The fourth-order valence-corrected chi connectivity index (χ4v) is 2.60. The van der Waals surface area contributed by atoms with Crippen molar-refractivity contribution in [3.63, 3.8) is 0 Å². The number of primary sulfonamides is 1. The zero-order valence-corrected chi connectivity index (χ0v) is 12.5. The van der Waals surface area contributed by atoms with Crippen LogP contribution in [-0.4, -0.2) is 32.7 Å². The molecule has 0 amide bonds. The van der Waals surface area contributed by atoms with Gasteiger partial charge in [-0.05, 0) is 38.5 Å². The molecule has 0 fully saturated rings. The predicted molar refractivity (Wildman–Crippen MR) is 76.5 cm³/mol. The highest BCUT2D eigenvalue weighted by atomic mass is 32.2. The van der Waals surface area contributed by atoms with Crippen molar-refractivity contribution in [3.8, 4) is 0 Å². The average Bonchev–Trinajstić information content (AvgIpc) is 2.29. The van der Waals surface area contributed by atoms with Crippen LogP contribution in [0.4, 0.5) is 11.4 Å². The van der Waals surface area contributed by atoms with E-state index in [0.29, 0.717) is 16.9 Å². The van der Waals surface area contributed by atoms with Crippen LogP contribution in [-0.2, 0) is 10.0 Å². The number of hydrogen-bond acceptors (Lipinski definition) is 5. The molecule has 5 N–H and O–H groups in total. The SMILES string of the molecule is Cc1c(N(C)C(C)(C)CO)cc(N)cc1S(N)(=O)=O. The minimum atomic E-state index is -3.83. The Labute approximate surface area is 114 Å². The van der Waals surface area contributed by atoms with Gasteiger partial charge in [-0.15, -0.1) is 0 Å². The fourth-order valence-electron chi connectivity index (χ4n) is 1.77. The Balaban J connectivity index is 3.51. The minimum Gasteiger partial charge on any atom is -0.399 e. The first-order valence-corrected chi connectivity index (χ1v) is 7.33. The van der Waals surface area contributed by atoms with Gasteiger partial charge in [0.1, 0.15) is 0 Å². The van der Waals surface area contributed by atoms with E-state index in [0.717, 1.165) is 0 Å². The molecule has 0 aromatic heterocycles. The third kappa shape index (κ3) is 3.17. The lowest BCUT2D eigenvalue weighted by atomic mass is 10.0. The largest absolute Gasteiger partial charge is 0.399 e. The molecule has 0 bridgehead atoms. The fraction of sp³-hybridized carbons (Fsp3) is 0.500. The van der Waals surface area contributed by atoms with Crippen LogP contribution >= 0.6 is 0 Å². The minimum absolute atomic E-state index is 0.00286. The van der Waals surface area contributed by atoms with Crippen LogP contribution in [0.2, 0.25) is 0 Å². The highest BCUT2D eigenvalue weighted by Crippen LogP contribution is 2.31. The summed E-state index contributed by atoms with van der Waals surface area (Å²) >= 11 is 0. The van der Waals surface area contributed by atoms with E-state index in [-0.39, 0.29) is 11.5 Å². The molecule has 19 heavy (non-hydrogen) atoms. The Bertz CT molecular complexity index is 582. The van der Waals surface area contributed by atoms with Crippen molar-refractivity contribution in [2.75, 3.05) is 24.3 Å². The number of anilines is 2. The van der Waals surface area contributed by atoms with Gasteiger partial charge >= 0.3 is 0 Å². The number of nitrogens with two attached hydrogens (primary N) is 2. The maximum Gasteiger partial charge on any atom is 0.238 e. The second kappa shape index (κ2) is 4.99. The molecule has 1 aromatic carbocycles. The molecule has 7 heteroatoms. The summed E-state index contributed by atoms with van der Waals surface area (Å²) in [5.74, 6) is 0. The Morgan fingerprint density at radius 1 is 1.37 bits per heavy atom. The Hall–Kier alpha value is -1.31. The van der Waals surface area contributed by atoms with Crippen LogP contribution in [0.25, 0.3) is 0 Å². The number of rotatable bonds is 4. The van der Waals surface area contributed by atoms with Crippen molar-refractivity contribution in [2.24, 2.45) is 5.14 Å². The van der Waals surface area contributed by atoms with E-state index in [4.69, 9.17) is 10.9 Å². The third-order valence-electron chi connectivity index (χ3n) is 3.32. The van der Waals surface area contributed by atoms with Gasteiger partial charge in [0.25, 0.3) is 0 Å². The molecule has 0 atom stereocenters. The quantitative estimate of drug-likeness (QED) is 0.696. The molecular formula is C12H21N3O3S. The second-order valence-electron chi connectivity index (χ2n) is 5.24. The first-order valence-electron chi connectivity index (χ1n) is 5.78. The predicted octanol–water partition coefficient (Wildman–Crippen LogP) is 0.432. The number of aliphatic hydroxyl groups is 1. The summed E-state index contributed by atoms with van der Waals surface area (Å²) in [5, 5.41) is 14.6. The molecule has 0 radical (unpaired) electrons. The topological polar surface area (TPSA) is 110 Å². The van der Waals surface area contributed by atoms with Crippen molar-refractivity contribution in [1.82, 2.24) is 0 Å². The number of hydrogen-bond donors (Lipinski definition) is 3. The lowest BCUT2D eigenvalue weighted by Gasteiger charge is -2.37. The zero-order valence-electron chi connectivity index (χ0n) is 11.6. The van der Waals surface area contributed by atoms with E-state index in [1.807, 2.05) is 13.8 Å². The van der Waals surface area contributed by atoms with Gasteiger partial charge in [0.15, 0.2) is 0 Å². The van der Waals surface area contributed by atoms with Crippen LogP contribution in [0, 0.1) is 6.92 Å². The third-order valence-corrected chi connectivity index (χ3v) is 4.35. The summed E-state index contributed by atoms with van der Waals surface area (Å²) in [4.78, 5) is 1.79. The highest BCUT2D eigenvalue weighted by molar-refractivity contribution is 7.89. The van der Waals surface area contributed by atoms with Crippen molar-refractivity contribution in [2.45, 2.75) is 31.2 Å². The van der Waals surface area contributed by atoms with Gasteiger partial charge in [-0.2, -0.15) is 0 Å². The van der Waals surface area contributed by atoms with Crippen LogP contribution < -0.4 is 15.8 Å². The molecule has 0 heterocycles. The number of sulfonamides is 1. The smallest absolute Gasteiger partial charge is 0.238 e. The molecule has 0 unspecified atom stereocenters. The molecule has 6 nitrogen and oxygen atoms in total. The monoisotopic (exact) mass is 287 g/mol. The Morgan fingerprint density at radius 2 is 1.89 bits per heavy atom. The van der Waals surface area contributed by atoms with Crippen molar-refractivity contribution >= 4 is 21.4 Å². The maximum absolute atomic E-state index is 11.6. The first kappa shape index (κ1) is 15.7. The van der Waals surface area contributed by atoms with Crippen LogP contribution in [0.15, 0.2) is 17.0 Å². The second-order valence-corrected chi connectivity index (χ2v) is 6.77. The average molecular weight is 287 g/mol. The molecule has 0 spiro atoms. The summed E-state index contributed by atoms with van der Waals surface area (Å²) in [6.45, 7) is 5.26. The van der Waals surface area contributed by atoms with E-state index in [2.05, 4.69) is 0 Å². The normalized spacial score (nSPS) is 12.5. The number of likely N-dealkylation sites (N-methyl/N-ethyl adjacent to an activating group) is 1. The number of nitrogen functional groups attached to an aromatic ring is 1. The van der Waals surface area contributed by atoms with Crippen LogP contribution in [0.1, 0.15) is 19.4 Å². The van der Waals surface area contributed by atoms with E-state index in [1.54, 1.807) is 24.9 Å². The molecule has 1 rings (SSSR count). The van der Waals surface area contributed by atoms with Crippen molar-refractivity contribution < 1.29 is 13.5 Å². The summed E-state index contributed by atoms with van der Waals surface area (Å²) in [7, 11) is -2.06. The number of aliphatic hydroxyl groups excluding tert-OH is 1. The zero-order chi connectivity index (χ0) is 15.0. The summed E-state index contributed by atoms with van der Waals surface area (Å²) in [5.41, 5.74) is 6.64. The van der Waals surface area contributed by atoms with E-state index < -0.39 is 15.6 Å². The Kier molecular flexibility index (Phi) is 4.14. The Morgan fingerprint density at radius 3 is 2.32 bits per heavy atom. The van der Waals surface area contributed by atoms with Crippen molar-refractivity contribution in [3.05, 3.63) is 17.7 Å². The molecule has 0 aliphatic heterocycles. The summed E-state index contributed by atoms with van der Waals surface area (Å²) in [6, 6.07) is 3.01. The van der Waals surface area contributed by atoms with Gasteiger partial charge < -0.3 is 15.7 Å². The van der Waals surface area contributed by atoms with E-state index in [9.17, 15) is 13.5 Å². The number of benzene rings is 1. The maximum atomic E-state index is 11.6. The van der Waals surface area contributed by atoms with Gasteiger partial charge in [0.05, 0.1) is 17.0 Å². The summed E-state index contributed by atoms with van der Waals surface area (Å²) in [6.07, 6.45) is 0. The van der Waals surface area contributed by atoms with Gasteiger partial charge in [-0.25, -0.2) is 13.6 Å².